The minimum absolute atomic E-state index is 1.07. The summed E-state index contributed by atoms with van der Waals surface area (Å²) in [6, 6.07) is 0. The van der Waals surface area contributed by atoms with Crippen LogP contribution in [-0.2, 0) is 0 Å². The molecule has 11 heavy (non-hydrogen) atoms. The second kappa shape index (κ2) is 7.26. The third-order valence-electron chi connectivity index (χ3n) is 1.12. The van der Waals surface area contributed by atoms with Crippen molar-refractivity contribution in [2.24, 2.45) is 4.99 Å². The normalized spacial score (nSPS) is 11.2. The van der Waals surface area contributed by atoms with E-state index in [1.807, 2.05) is 24.6 Å². The van der Waals surface area contributed by atoms with E-state index in [-0.39, 0.29) is 0 Å². The van der Waals surface area contributed by atoms with Crippen molar-refractivity contribution < 1.29 is 0 Å². The van der Waals surface area contributed by atoms with Crippen LogP contribution in [0.15, 0.2) is 28.9 Å². The van der Waals surface area contributed by atoms with Gasteiger partial charge in [-0.2, -0.15) is 0 Å². The maximum Gasteiger partial charge on any atom is 0.0263 e. The summed E-state index contributed by atoms with van der Waals surface area (Å²) >= 11 is 0. The van der Waals surface area contributed by atoms with Crippen molar-refractivity contribution in [3.05, 3.63) is 23.9 Å². The molecule has 0 aliphatic heterocycles. The van der Waals surface area contributed by atoms with Crippen molar-refractivity contribution in [1.82, 2.24) is 0 Å². The molecular weight excluding hydrogens is 134 g/mol. The summed E-state index contributed by atoms with van der Waals surface area (Å²) in [6.45, 7) is 6.28. The second-order valence-electron chi connectivity index (χ2n) is 2.71. The molecule has 0 fully saturated rings. The highest BCUT2D eigenvalue weighted by atomic mass is 14.7. The number of hydrogen-bond acceptors (Lipinski definition) is 1. The Morgan fingerprint density at radius 2 is 2.09 bits per heavy atom. The van der Waals surface area contributed by atoms with E-state index in [0.717, 1.165) is 6.42 Å². The van der Waals surface area contributed by atoms with Gasteiger partial charge in [-0.25, -0.2) is 0 Å². The van der Waals surface area contributed by atoms with Crippen LogP contribution in [0, 0.1) is 0 Å². The summed E-state index contributed by atoms with van der Waals surface area (Å²) in [6.07, 6.45) is 10.0. The third-order valence-corrected chi connectivity index (χ3v) is 1.12. The first-order chi connectivity index (χ1) is 5.27. The summed E-state index contributed by atoms with van der Waals surface area (Å²) in [5, 5.41) is 0. The Labute approximate surface area is 69.5 Å². The molecule has 1 heteroatoms. The quantitative estimate of drug-likeness (QED) is 0.431. The molecule has 0 aromatic rings. The number of aliphatic imine (C=N–C) groups is 1. The standard InChI is InChI=1S/C10H17N/c1-4-5-8-11-9-6-7-10(2)3/h6-9H,4-5H2,1-3H3/b9-6-,11-8?. The van der Waals surface area contributed by atoms with E-state index in [9.17, 15) is 0 Å². The van der Waals surface area contributed by atoms with Gasteiger partial charge >= 0.3 is 0 Å². The number of rotatable bonds is 4. The highest BCUT2D eigenvalue weighted by Crippen LogP contribution is 1.89. The first-order valence-corrected chi connectivity index (χ1v) is 4.09. The Morgan fingerprint density at radius 1 is 1.36 bits per heavy atom. The number of nitrogens with zero attached hydrogens (tertiary/aromatic N) is 1. The van der Waals surface area contributed by atoms with Crippen molar-refractivity contribution in [2.75, 3.05) is 0 Å². The van der Waals surface area contributed by atoms with Gasteiger partial charge < -0.3 is 0 Å². The van der Waals surface area contributed by atoms with E-state index >= 15 is 0 Å². The lowest BCUT2D eigenvalue weighted by Crippen LogP contribution is -1.68. The zero-order valence-electron chi connectivity index (χ0n) is 7.67. The largest absolute Gasteiger partial charge is 0.269 e. The SMILES string of the molecule is CCCC=N/C=C\C=C(C)C. The summed E-state index contributed by atoms with van der Waals surface area (Å²) in [5.41, 5.74) is 1.30. The molecule has 0 N–H and O–H groups in total. The lowest BCUT2D eigenvalue weighted by molar-refractivity contribution is 1.01. The minimum atomic E-state index is 1.07. The topological polar surface area (TPSA) is 12.4 Å². The van der Waals surface area contributed by atoms with Crippen molar-refractivity contribution in [1.29, 1.82) is 0 Å². The Morgan fingerprint density at radius 3 is 2.64 bits per heavy atom. The minimum Gasteiger partial charge on any atom is -0.269 e. The molecule has 0 aliphatic rings. The van der Waals surface area contributed by atoms with Crippen LogP contribution in [0.3, 0.4) is 0 Å². The Hall–Kier alpha value is -0.850. The molecule has 0 saturated heterocycles. The molecule has 0 aliphatic carbocycles. The van der Waals surface area contributed by atoms with E-state index in [2.05, 4.69) is 25.8 Å². The van der Waals surface area contributed by atoms with Crippen LogP contribution in [0.25, 0.3) is 0 Å². The van der Waals surface area contributed by atoms with E-state index in [1.165, 1.54) is 12.0 Å². The predicted molar refractivity (Wildman–Crippen MR) is 52.0 cm³/mol. The van der Waals surface area contributed by atoms with Crippen molar-refractivity contribution >= 4 is 6.21 Å². The first kappa shape index (κ1) is 10.2. The molecule has 0 heterocycles. The molecule has 0 aromatic heterocycles. The van der Waals surface area contributed by atoms with Gasteiger partial charge in [-0.3, -0.25) is 4.99 Å². The molecule has 62 valence electrons. The van der Waals surface area contributed by atoms with E-state index in [1.54, 1.807) is 0 Å². The van der Waals surface area contributed by atoms with Crippen LogP contribution in [0.4, 0.5) is 0 Å². The van der Waals surface area contributed by atoms with Crippen LogP contribution in [0.1, 0.15) is 33.6 Å². The smallest absolute Gasteiger partial charge is 0.0263 e. The van der Waals surface area contributed by atoms with Crippen LogP contribution in [-0.4, -0.2) is 6.21 Å². The maximum atomic E-state index is 4.08. The van der Waals surface area contributed by atoms with Gasteiger partial charge in [0.1, 0.15) is 0 Å². The first-order valence-electron chi connectivity index (χ1n) is 4.09. The molecule has 1 nitrogen and oxygen atoms in total. The van der Waals surface area contributed by atoms with Crippen LogP contribution >= 0.6 is 0 Å². The van der Waals surface area contributed by atoms with Gasteiger partial charge in [0.05, 0.1) is 0 Å². The van der Waals surface area contributed by atoms with Gasteiger partial charge in [0.2, 0.25) is 0 Å². The molecule has 0 atom stereocenters. The molecule has 0 amide bonds. The molecule has 0 saturated carbocycles. The molecule has 0 radical (unpaired) electrons. The Kier molecular flexibility index (Phi) is 6.70. The predicted octanol–water partition coefficient (Wildman–Crippen LogP) is 3.34. The van der Waals surface area contributed by atoms with E-state index < -0.39 is 0 Å². The fourth-order valence-corrected chi connectivity index (χ4v) is 0.550. The van der Waals surface area contributed by atoms with Gasteiger partial charge in [-0.1, -0.05) is 25.0 Å². The second-order valence-corrected chi connectivity index (χ2v) is 2.71. The molecular formula is C10H17N. The van der Waals surface area contributed by atoms with E-state index in [0.29, 0.717) is 0 Å². The van der Waals surface area contributed by atoms with Gasteiger partial charge in [0, 0.05) is 12.4 Å². The van der Waals surface area contributed by atoms with Crippen molar-refractivity contribution in [2.45, 2.75) is 33.6 Å². The number of hydrogen-bond donors (Lipinski definition) is 0. The van der Waals surface area contributed by atoms with Gasteiger partial charge in [0.15, 0.2) is 0 Å². The third kappa shape index (κ3) is 9.15. The van der Waals surface area contributed by atoms with Crippen molar-refractivity contribution in [3.63, 3.8) is 0 Å². The zero-order valence-corrected chi connectivity index (χ0v) is 7.67. The highest BCUT2D eigenvalue weighted by molar-refractivity contribution is 5.57. The van der Waals surface area contributed by atoms with Gasteiger partial charge in [-0.05, 0) is 26.3 Å². The average Bonchev–Trinajstić information content (AvgIpc) is 1.96. The molecule has 0 unspecified atom stereocenters. The van der Waals surface area contributed by atoms with Gasteiger partial charge in [0.25, 0.3) is 0 Å². The molecule has 0 rings (SSSR count). The van der Waals surface area contributed by atoms with Crippen LogP contribution in [0.2, 0.25) is 0 Å². The fourth-order valence-electron chi connectivity index (χ4n) is 0.550. The summed E-state index contributed by atoms with van der Waals surface area (Å²) < 4.78 is 0. The van der Waals surface area contributed by atoms with Crippen LogP contribution < -0.4 is 0 Å². The lowest BCUT2D eigenvalue weighted by Gasteiger charge is -1.81. The zero-order chi connectivity index (χ0) is 8.53. The monoisotopic (exact) mass is 151 g/mol. The Bertz CT molecular complexity index is 160. The van der Waals surface area contributed by atoms with E-state index in [4.69, 9.17) is 0 Å². The number of allylic oxidation sites excluding steroid dienone is 3. The summed E-state index contributed by atoms with van der Waals surface area (Å²) in [4.78, 5) is 4.08. The molecule has 0 aromatic carbocycles. The lowest BCUT2D eigenvalue weighted by atomic mass is 10.3. The Balaban J connectivity index is 3.52. The maximum absolute atomic E-state index is 4.08. The number of unbranched alkanes of at least 4 members (excludes halogenated alkanes) is 1. The summed E-state index contributed by atoms with van der Waals surface area (Å²) in [7, 11) is 0. The molecule has 0 bridgehead atoms. The highest BCUT2D eigenvalue weighted by Gasteiger charge is 1.71. The average molecular weight is 151 g/mol. The molecule has 0 spiro atoms. The van der Waals surface area contributed by atoms with Crippen molar-refractivity contribution in [3.8, 4) is 0 Å². The van der Waals surface area contributed by atoms with Gasteiger partial charge in [-0.15, -0.1) is 0 Å². The van der Waals surface area contributed by atoms with Crippen LogP contribution in [0.5, 0.6) is 0 Å². The summed E-state index contributed by atoms with van der Waals surface area (Å²) in [5.74, 6) is 0. The fraction of sp³-hybridized carbons (Fsp3) is 0.500.